The highest BCUT2D eigenvalue weighted by Crippen LogP contribution is 2.34. The largest absolute Gasteiger partial charge is 0.353 e. The van der Waals surface area contributed by atoms with Crippen molar-refractivity contribution in [1.29, 1.82) is 0 Å². The number of hydrogen-bond donors (Lipinski definition) is 1. The molecule has 88 valence electrons. The van der Waals surface area contributed by atoms with Crippen molar-refractivity contribution in [2.45, 2.75) is 52.5 Å². The Kier molecular flexibility index (Phi) is 4.45. The summed E-state index contributed by atoms with van der Waals surface area (Å²) in [6.07, 6.45) is 4.83. The predicted molar refractivity (Wildman–Crippen MR) is 64.1 cm³/mol. The minimum atomic E-state index is -0.446. The van der Waals surface area contributed by atoms with Gasteiger partial charge in [-0.05, 0) is 32.6 Å². The van der Waals surface area contributed by atoms with Gasteiger partial charge in [-0.2, -0.15) is 0 Å². The minimum Gasteiger partial charge on any atom is -0.353 e. The van der Waals surface area contributed by atoms with Gasteiger partial charge in [0.2, 0.25) is 5.91 Å². The first-order valence-corrected chi connectivity index (χ1v) is 6.40. The maximum atomic E-state index is 11.9. The molecule has 2 nitrogen and oxygen atoms in total. The average Bonchev–Trinajstić information content (AvgIpc) is 3.00. The molecule has 0 spiro atoms. The third kappa shape index (κ3) is 4.02. The van der Waals surface area contributed by atoms with E-state index in [9.17, 15) is 4.79 Å². The second-order valence-electron chi connectivity index (χ2n) is 5.28. The molecule has 0 aromatic carbocycles. The smallest absolute Gasteiger partial charge is 0.227 e. The van der Waals surface area contributed by atoms with Gasteiger partial charge in [-0.25, -0.2) is 0 Å². The molecule has 0 saturated heterocycles. The van der Waals surface area contributed by atoms with Crippen LogP contribution in [-0.2, 0) is 4.79 Å². The number of carbonyl (C=O) groups excluding carboxylic acids is 1. The lowest BCUT2D eigenvalue weighted by Gasteiger charge is -2.25. The number of rotatable bonds is 6. The molecule has 1 aliphatic rings. The molecule has 0 radical (unpaired) electrons. The summed E-state index contributed by atoms with van der Waals surface area (Å²) in [6, 6.07) is 0.340. The van der Waals surface area contributed by atoms with E-state index in [1.54, 1.807) is 0 Å². The van der Waals surface area contributed by atoms with Crippen molar-refractivity contribution < 1.29 is 4.79 Å². The zero-order valence-electron chi connectivity index (χ0n) is 9.98. The molecule has 1 atom stereocenters. The number of halogens is 1. The van der Waals surface area contributed by atoms with Crippen LogP contribution in [0.15, 0.2) is 0 Å². The molecule has 1 fully saturated rings. The number of alkyl halides is 1. The van der Waals surface area contributed by atoms with Crippen LogP contribution >= 0.6 is 11.6 Å². The molecule has 1 aliphatic carbocycles. The normalized spacial score (nSPS) is 18.7. The van der Waals surface area contributed by atoms with Crippen molar-refractivity contribution >= 4 is 17.5 Å². The van der Waals surface area contributed by atoms with Gasteiger partial charge >= 0.3 is 0 Å². The van der Waals surface area contributed by atoms with E-state index in [2.05, 4.69) is 12.2 Å². The predicted octanol–water partition coefficient (Wildman–Crippen LogP) is 2.95. The average molecular weight is 232 g/mol. The topological polar surface area (TPSA) is 29.1 Å². The summed E-state index contributed by atoms with van der Waals surface area (Å²) in [7, 11) is 0. The molecule has 3 heteroatoms. The van der Waals surface area contributed by atoms with Gasteiger partial charge in [0.1, 0.15) is 0 Å². The maximum Gasteiger partial charge on any atom is 0.227 e. The van der Waals surface area contributed by atoms with Crippen LogP contribution in [-0.4, -0.2) is 17.8 Å². The zero-order valence-corrected chi connectivity index (χ0v) is 10.7. The molecule has 1 saturated carbocycles. The van der Waals surface area contributed by atoms with Crippen LogP contribution in [0.4, 0.5) is 0 Å². The highest BCUT2D eigenvalue weighted by molar-refractivity contribution is 6.19. The van der Waals surface area contributed by atoms with E-state index >= 15 is 0 Å². The third-order valence-corrected chi connectivity index (χ3v) is 3.76. The van der Waals surface area contributed by atoms with Gasteiger partial charge in [0.15, 0.2) is 0 Å². The van der Waals surface area contributed by atoms with Crippen LogP contribution in [0, 0.1) is 11.3 Å². The molecule has 1 unspecified atom stereocenters. The molecule has 1 amide bonds. The van der Waals surface area contributed by atoms with Crippen LogP contribution in [0.3, 0.4) is 0 Å². The van der Waals surface area contributed by atoms with Crippen LogP contribution in [0.25, 0.3) is 0 Å². The van der Waals surface area contributed by atoms with Crippen LogP contribution in [0.5, 0.6) is 0 Å². The van der Waals surface area contributed by atoms with Crippen molar-refractivity contribution in [2.75, 3.05) is 5.88 Å². The van der Waals surface area contributed by atoms with Gasteiger partial charge in [-0.15, -0.1) is 11.6 Å². The molecule has 0 aromatic heterocycles. The van der Waals surface area contributed by atoms with E-state index in [-0.39, 0.29) is 5.91 Å². The Hall–Kier alpha value is -0.240. The fourth-order valence-corrected chi connectivity index (χ4v) is 1.65. The van der Waals surface area contributed by atoms with Crippen molar-refractivity contribution in [1.82, 2.24) is 5.32 Å². The molecule has 0 aromatic rings. The lowest BCUT2D eigenvalue weighted by molar-refractivity contribution is -0.129. The van der Waals surface area contributed by atoms with Gasteiger partial charge in [0, 0.05) is 11.9 Å². The first kappa shape index (κ1) is 12.8. The Morgan fingerprint density at radius 2 is 2.13 bits per heavy atom. The third-order valence-electron chi connectivity index (χ3n) is 3.09. The Morgan fingerprint density at radius 3 is 2.53 bits per heavy atom. The summed E-state index contributed by atoms with van der Waals surface area (Å²) in [5.41, 5.74) is -0.446. The summed E-state index contributed by atoms with van der Waals surface area (Å²) >= 11 is 5.77. The van der Waals surface area contributed by atoms with Gasteiger partial charge in [-0.1, -0.05) is 19.8 Å². The lowest BCUT2D eigenvalue weighted by Crippen LogP contribution is -2.43. The van der Waals surface area contributed by atoms with Gasteiger partial charge in [-0.3, -0.25) is 4.79 Å². The Balaban J connectivity index is 2.39. The molecule has 1 rings (SSSR count). The van der Waals surface area contributed by atoms with E-state index in [0.29, 0.717) is 11.9 Å². The van der Waals surface area contributed by atoms with Crippen molar-refractivity contribution in [3.8, 4) is 0 Å². The summed E-state index contributed by atoms with van der Waals surface area (Å²) in [5.74, 6) is 1.32. The Morgan fingerprint density at radius 1 is 1.53 bits per heavy atom. The molecular weight excluding hydrogens is 210 g/mol. The molecule has 0 bridgehead atoms. The second-order valence-corrected chi connectivity index (χ2v) is 5.54. The number of hydrogen-bond acceptors (Lipinski definition) is 1. The Bertz CT molecular complexity index is 224. The van der Waals surface area contributed by atoms with E-state index in [1.165, 1.54) is 12.8 Å². The number of nitrogens with one attached hydrogen (secondary N) is 1. The van der Waals surface area contributed by atoms with E-state index < -0.39 is 5.41 Å². The molecule has 0 aliphatic heterocycles. The minimum absolute atomic E-state index is 0.0880. The number of carbonyl (C=O) groups is 1. The molecular formula is C12H22ClNO. The monoisotopic (exact) mass is 231 g/mol. The first-order chi connectivity index (χ1) is 6.99. The van der Waals surface area contributed by atoms with Crippen LogP contribution < -0.4 is 5.32 Å². The highest BCUT2D eigenvalue weighted by atomic mass is 35.5. The standard InChI is InChI=1S/C12H22ClNO/c1-4-10(7-9-5-6-9)14-11(15)12(2,3)8-13/h9-10H,4-8H2,1-3H3,(H,14,15). The molecule has 1 N–H and O–H groups in total. The Labute approximate surface area is 97.8 Å². The van der Waals surface area contributed by atoms with E-state index in [0.717, 1.165) is 18.8 Å². The maximum absolute atomic E-state index is 11.9. The molecule has 15 heavy (non-hydrogen) atoms. The summed E-state index contributed by atoms with van der Waals surface area (Å²) < 4.78 is 0. The summed E-state index contributed by atoms with van der Waals surface area (Å²) in [4.78, 5) is 11.9. The first-order valence-electron chi connectivity index (χ1n) is 5.86. The van der Waals surface area contributed by atoms with Gasteiger partial charge in [0.05, 0.1) is 5.41 Å². The SMILES string of the molecule is CCC(CC1CC1)NC(=O)C(C)(C)CCl. The van der Waals surface area contributed by atoms with Crippen LogP contribution in [0.1, 0.15) is 46.5 Å². The fraction of sp³-hybridized carbons (Fsp3) is 0.917. The molecule has 0 heterocycles. The van der Waals surface area contributed by atoms with E-state index in [1.807, 2.05) is 13.8 Å². The van der Waals surface area contributed by atoms with Crippen molar-refractivity contribution in [2.24, 2.45) is 11.3 Å². The van der Waals surface area contributed by atoms with Crippen molar-refractivity contribution in [3.05, 3.63) is 0 Å². The fourth-order valence-electron chi connectivity index (χ4n) is 1.53. The second kappa shape index (κ2) is 5.20. The quantitative estimate of drug-likeness (QED) is 0.700. The zero-order chi connectivity index (χ0) is 11.5. The van der Waals surface area contributed by atoms with Crippen LogP contribution in [0.2, 0.25) is 0 Å². The van der Waals surface area contributed by atoms with Gasteiger partial charge in [0.25, 0.3) is 0 Å². The van der Waals surface area contributed by atoms with Crippen molar-refractivity contribution in [3.63, 3.8) is 0 Å². The van der Waals surface area contributed by atoms with Gasteiger partial charge < -0.3 is 5.32 Å². The van der Waals surface area contributed by atoms with E-state index in [4.69, 9.17) is 11.6 Å². The number of amides is 1. The lowest BCUT2D eigenvalue weighted by atomic mass is 9.94. The highest BCUT2D eigenvalue weighted by Gasteiger charge is 2.30. The summed E-state index contributed by atoms with van der Waals surface area (Å²) in [6.45, 7) is 5.90. The summed E-state index contributed by atoms with van der Waals surface area (Å²) in [5, 5.41) is 3.11.